The molecule has 17 heavy (non-hydrogen) atoms. The average Bonchev–Trinajstić information content (AvgIpc) is 2.20. The van der Waals surface area contributed by atoms with Crippen LogP contribution in [0.4, 0.5) is 4.39 Å². The minimum Gasteiger partial charge on any atom is -0.252 e. The van der Waals surface area contributed by atoms with E-state index in [0.717, 1.165) is 0 Å². The highest BCUT2D eigenvalue weighted by Gasteiger charge is 2.72. The first-order chi connectivity index (χ1) is 7.83. The molecular weight excluding hydrogens is 241 g/mol. The summed E-state index contributed by atoms with van der Waals surface area (Å²) in [6.45, 7) is 0. The van der Waals surface area contributed by atoms with Gasteiger partial charge in [0.2, 0.25) is 0 Å². The van der Waals surface area contributed by atoms with Crippen LogP contribution in [-0.2, 0) is 5.79 Å². The highest BCUT2D eigenvalue weighted by atomic mass is 19.1. The Morgan fingerprint density at radius 1 is 0.882 bits per heavy atom. The van der Waals surface area contributed by atoms with E-state index >= 15 is 0 Å². The first-order valence-corrected chi connectivity index (χ1v) is 4.03. The Bertz CT molecular complexity index is 451. The van der Waals surface area contributed by atoms with Crippen molar-refractivity contribution in [2.45, 2.75) is 5.79 Å². The van der Waals surface area contributed by atoms with Crippen LogP contribution in [0.15, 0.2) is 24.3 Å². The number of nitro groups is 3. The summed E-state index contributed by atoms with van der Waals surface area (Å²) in [5.74, 6) is -4.54. The predicted octanol–water partition coefficient (Wildman–Crippen LogP) is 0.766. The number of hydrogen-bond donors (Lipinski definition) is 0. The van der Waals surface area contributed by atoms with Gasteiger partial charge in [0.05, 0.1) is 0 Å². The average molecular weight is 245 g/mol. The molecule has 0 radical (unpaired) electrons. The van der Waals surface area contributed by atoms with Crippen LogP contribution < -0.4 is 0 Å². The second kappa shape index (κ2) is 4.08. The molecule has 0 fully saturated rings. The molecule has 0 aromatic heterocycles. The minimum absolute atomic E-state index is 0.629. The fourth-order valence-corrected chi connectivity index (χ4v) is 1.19. The predicted molar refractivity (Wildman–Crippen MR) is 49.1 cm³/mol. The van der Waals surface area contributed by atoms with E-state index in [0.29, 0.717) is 24.3 Å². The van der Waals surface area contributed by atoms with Gasteiger partial charge in [0.15, 0.2) is 20.3 Å². The van der Waals surface area contributed by atoms with E-state index in [-0.39, 0.29) is 0 Å². The normalized spacial score (nSPS) is 10.9. The summed E-state index contributed by atoms with van der Waals surface area (Å²) in [5.41, 5.74) is -0.834. The SMILES string of the molecule is O=[N+]([O-])C(c1ccc(F)cc1)([N+](=O)[O-])[N+](=O)[O-]. The standard InChI is InChI=1S/C7H4FN3O6/c8-6-3-1-5(2-4-6)7(9(12)13,10(14)15)11(16)17/h1-4H. The molecule has 0 heterocycles. The van der Waals surface area contributed by atoms with Gasteiger partial charge >= 0.3 is 5.79 Å². The van der Waals surface area contributed by atoms with Crippen molar-refractivity contribution >= 4 is 0 Å². The van der Waals surface area contributed by atoms with Crippen molar-refractivity contribution in [1.29, 1.82) is 0 Å². The lowest BCUT2D eigenvalue weighted by Crippen LogP contribution is -2.50. The Balaban J connectivity index is 3.53. The zero-order chi connectivity index (χ0) is 13.2. The highest BCUT2D eigenvalue weighted by molar-refractivity contribution is 5.18. The molecule has 0 spiro atoms. The molecule has 10 heteroatoms. The van der Waals surface area contributed by atoms with Gasteiger partial charge in [-0.25, -0.2) is 4.39 Å². The topological polar surface area (TPSA) is 129 Å². The van der Waals surface area contributed by atoms with Crippen LogP contribution in [0.5, 0.6) is 0 Å². The lowest BCUT2D eigenvalue weighted by atomic mass is 10.1. The van der Waals surface area contributed by atoms with Gasteiger partial charge in [-0.3, -0.25) is 30.3 Å². The van der Waals surface area contributed by atoms with Gasteiger partial charge in [0.25, 0.3) is 0 Å². The van der Waals surface area contributed by atoms with Gasteiger partial charge in [-0.2, -0.15) is 0 Å². The van der Waals surface area contributed by atoms with Crippen LogP contribution >= 0.6 is 0 Å². The van der Waals surface area contributed by atoms with E-state index < -0.39 is 31.9 Å². The summed E-state index contributed by atoms with van der Waals surface area (Å²) in [4.78, 5) is 26.9. The van der Waals surface area contributed by atoms with Gasteiger partial charge in [-0.15, -0.1) is 0 Å². The Labute approximate surface area is 91.9 Å². The van der Waals surface area contributed by atoms with Crippen molar-refractivity contribution in [3.63, 3.8) is 0 Å². The molecule has 0 bridgehead atoms. The highest BCUT2D eigenvalue weighted by Crippen LogP contribution is 2.26. The Kier molecular flexibility index (Phi) is 2.98. The van der Waals surface area contributed by atoms with Crippen LogP contribution in [0, 0.1) is 36.2 Å². The monoisotopic (exact) mass is 245 g/mol. The maximum Gasteiger partial charge on any atom is 0.728 e. The van der Waals surface area contributed by atoms with Crippen molar-refractivity contribution < 1.29 is 19.2 Å². The molecule has 0 atom stereocenters. The lowest BCUT2D eigenvalue weighted by molar-refractivity contribution is -0.986. The van der Waals surface area contributed by atoms with E-state index in [1.807, 2.05) is 0 Å². The molecule has 0 aliphatic heterocycles. The number of nitrogens with zero attached hydrogens (tertiary/aromatic N) is 3. The molecule has 0 aliphatic rings. The zero-order valence-corrected chi connectivity index (χ0v) is 7.98. The summed E-state index contributed by atoms with van der Waals surface area (Å²) in [5, 5.41) is 31.9. The van der Waals surface area contributed by atoms with E-state index in [2.05, 4.69) is 0 Å². The smallest absolute Gasteiger partial charge is 0.252 e. The Morgan fingerprint density at radius 2 is 1.24 bits per heavy atom. The molecule has 0 amide bonds. The molecule has 1 rings (SSSR count). The van der Waals surface area contributed by atoms with Crippen molar-refractivity contribution in [3.05, 3.63) is 66.0 Å². The van der Waals surface area contributed by atoms with Crippen LogP contribution in [0.1, 0.15) is 5.56 Å². The number of halogens is 1. The maximum absolute atomic E-state index is 12.6. The van der Waals surface area contributed by atoms with E-state index in [4.69, 9.17) is 0 Å². The molecule has 0 saturated heterocycles. The fourth-order valence-electron chi connectivity index (χ4n) is 1.19. The van der Waals surface area contributed by atoms with E-state index in [1.54, 1.807) is 0 Å². The molecule has 9 nitrogen and oxygen atoms in total. The van der Waals surface area contributed by atoms with Gasteiger partial charge in [-0.05, 0) is 24.3 Å². The molecule has 1 aromatic rings. The summed E-state index contributed by atoms with van der Waals surface area (Å²) >= 11 is 0. The van der Waals surface area contributed by atoms with Gasteiger partial charge in [0.1, 0.15) is 5.82 Å². The molecule has 1 aromatic carbocycles. The number of benzene rings is 1. The second-order valence-electron chi connectivity index (χ2n) is 2.91. The molecule has 0 saturated carbocycles. The summed E-state index contributed by atoms with van der Waals surface area (Å²) in [7, 11) is 0. The third-order valence-electron chi connectivity index (χ3n) is 2.00. The van der Waals surface area contributed by atoms with Crippen molar-refractivity contribution in [2.24, 2.45) is 0 Å². The van der Waals surface area contributed by atoms with Crippen molar-refractivity contribution in [1.82, 2.24) is 0 Å². The summed E-state index contributed by atoms with van der Waals surface area (Å²) in [6, 6.07) is 2.59. The van der Waals surface area contributed by atoms with Crippen LogP contribution in [0.3, 0.4) is 0 Å². The molecule has 0 N–H and O–H groups in total. The first kappa shape index (κ1) is 12.4. The molecule has 0 unspecified atom stereocenters. The van der Waals surface area contributed by atoms with Crippen LogP contribution in [-0.4, -0.2) is 14.8 Å². The van der Waals surface area contributed by atoms with Crippen LogP contribution in [0.2, 0.25) is 0 Å². The van der Waals surface area contributed by atoms with E-state index in [1.165, 1.54) is 0 Å². The Hall–Kier alpha value is -2.65. The van der Waals surface area contributed by atoms with Crippen molar-refractivity contribution in [3.8, 4) is 0 Å². The quantitative estimate of drug-likeness (QED) is 0.437. The second-order valence-corrected chi connectivity index (χ2v) is 2.91. The molecular formula is C7H4FN3O6. The third-order valence-corrected chi connectivity index (χ3v) is 2.00. The molecule has 90 valence electrons. The Morgan fingerprint density at radius 3 is 1.53 bits per heavy atom. The number of rotatable bonds is 4. The third kappa shape index (κ3) is 1.75. The summed E-state index contributed by atoms with van der Waals surface area (Å²) < 4.78 is 12.6. The van der Waals surface area contributed by atoms with Gasteiger partial charge in [-0.1, -0.05) is 0 Å². The van der Waals surface area contributed by atoms with Crippen molar-refractivity contribution in [2.75, 3.05) is 0 Å². The molecule has 0 aliphatic carbocycles. The van der Waals surface area contributed by atoms with Gasteiger partial charge in [0, 0.05) is 0 Å². The maximum atomic E-state index is 12.6. The number of hydrogen-bond acceptors (Lipinski definition) is 6. The first-order valence-electron chi connectivity index (χ1n) is 4.03. The fraction of sp³-hybridized carbons (Fsp3) is 0.143. The largest absolute Gasteiger partial charge is 0.728 e. The minimum atomic E-state index is -3.71. The zero-order valence-electron chi connectivity index (χ0n) is 7.98. The van der Waals surface area contributed by atoms with Gasteiger partial charge < -0.3 is 0 Å². The van der Waals surface area contributed by atoms with Crippen LogP contribution in [0.25, 0.3) is 0 Å². The lowest BCUT2D eigenvalue weighted by Gasteiger charge is -2.08. The summed E-state index contributed by atoms with van der Waals surface area (Å²) in [6.07, 6.45) is 0. The van der Waals surface area contributed by atoms with E-state index in [9.17, 15) is 34.7 Å².